The molecule has 0 spiro atoms. The zero-order valence-corrected chi connectivity index (χ0v) is 10.2. The number of alkyl halides is 2. The highest BCUT2D eigenvalue weighted by molar-refractivity contribution is 8.13. The quantitative estimate of drug-likeness (QED) is 0.735. The maximum absolute atomic E-state index is 12.9. The summed E-state index contributed by atoms with van der Waals surface area (Å²) in [5.41, 5.74) is -0.629. The van der Waals surface area contributed by atoms with E-state index in [4.69, 9.17) is 0 Å². The van der Waals surface area contributed by atoms with Gasteiger partial charge in [0.1, 0.15) is 0 Å². The Morgan fingerprint density at radius 1 is 1.33 bits per heavy atom. The van der Waals surface area contributed by atoms with Gasteiger partial charge in [-0.3, -0.25) is 9.69 Å². The summed E-state index contributed by atoms with van der Waals surface area (Å²) < 4.78 is 25.9. The van der Waals surface area contributed by atoms with Crippen LogP contribution in [0.2, 0.25) is 0 Å². The van der Waals surface area contributed by atoms with Gasteiger partial charge in [0.15, 0.2) is 0 Å². The third-order valence-electron chi connectivity index (χ3n) is 2.97. The van der Waals surface area contributed by atoms with Crippen LogP contribution >= 0.6 is 11.8 Å². The van der Waals surface area contributed by atoms with Crippen molar-refractivity contribution in [2.24, 2.45) is 0 Å². The van der Waals surface area contributed by atoms with Crippen LogP contribution in [-0.2, 0) is 4.79 Å². The van der Waals surface area contributed by atoms with E-state index in [9.17, 15) is 13.6 Å². The summed E-state index contributed by atoms with van der Waals surface area (Å²) in [6, 6.07) is 0. The fourth-order valence-corrected chi connectivity index (χ4v) is 2.40. The zero-order valence-electron chi connectivity index (χ0n) is 9.35. The Hall–Kier alpha value is -0.160. The zero-order chi connectivity index (χ0) is 11.7. The molecule has 1 rings (SSSR count). The molecule has 0 aromatic heterocycles. The van der Waals surface area contributed by atoms with Crippen LogP contribution in [0.3, 0.4) is 0 Å². The molecule has 88 valence electrons. The molecule has 0 amide bonds. The van der Waals surface area contributed by atoms with E-state index < -0.39 is 11.5 Å². The van der Waals surface area contributed by atoms with Crippen molar-refractivity contribution in [3.8, 4) is 0 Å². The topological polar surface area (TPSA) is 20.3 Å². The standard InChI is InChI=1S/C10H17F2NOS/c1-9(2,8(14)15-3)13-6-4-10(11,12)5-7-13/h4-7H2,1-3H3. The number of carbonyl (C=O) groups excluding carboxylic acids is 1. The Labute approximate surface area is 93.4 Å². The summed E-state index contributed by atoms with van der Waals surface area (Å²) in [4.78, 5) is 13.5. The number of hydrogen-bond acceptors (Lipinski definition) is 3. The average Bonchev–Trinajstić information content (AvgIpc) is 2.15. The van der Waals surface area contributed by atoms with Crippen LogP contribution in [-0.4, -0.2) is 40.8 Å². The molecule has 1 fully saturated rings. The first-order valence-electron chi connectivity index (χ1n) is 5.01. The fourth-order valence-electron chi connectivity index (χ4n) is 1.77. The second-order valence-electron chi connectivity index (χ2n) is 4.39. The molecule has 0 saturated carbocycles. The van der Waals surface area contributed by atoms with E-state index in [0.717, 1.165) is 11.8 Å². The maximum atomic E-state index is 12.9. The third kappa shape index (κ3) is 2.91. The van der Waals surface area contributed by atoms with Gasteiger partial charge >= 0.3 is 0 Å². The molecule has 1 heterocycles. The Morgan fingerprint density at radius 3 is 2.20 bits per heavy atom. The molecule has 0 aliphatic carbocycles. The largest absolute Gasteiger partial charge is 0.290 e. The first-order chi connectivity index (χ1) is 6.79. The average molecular weight is 237 g/mol. The minimum Gasteiger partial charge on any atom is -0.290 e. The molecule has 1 aliphatic heterocycles. The Morgan fingerprint density at radius 2 is 1.80 bits per heavy atom. The number of nitrogens with zero attached hydrogens (tertiary/aromatic N) is 1. The summed E-state index contributed by atoms with van der Waals surface area (Å²) in [6.45, 7) is 4.20. The van der Waals surface area contributed by atoms with E-state index in [1.54, 1.807) is 20.1 Å². The highest BCUT2D eigenvalue weighted by Crippen LogP contribution is 2.32. The van der Waals surface area contributed by atoms with E-state index in [0.29, 0.717) is 13.1 Å². The molecular formula is C10H17F2NOS. The van der Waals surface area contributed by atoms with Gasteiger partial charge in [0, 0.05) is 25.9 Å². The van der Waals surface area contributed by atoms with Crippen molar-refractivity contribution in [1.82, 2.24) is 4.90 Å². The molecule has 0 aromatic rings. The lowest BCUT2D eigenvalue weighted by atomic mass is 9.98. The van der Waals surface area contributed by atoms with Gasteiger partial charge in [0.25, 0.3) is 5.92 Å². The van der Waals surface area contributed by atoms with Crippen molar-refractivity contribution < 1.29 is 13.6 Å². The van der Waals surface area contributed by atoms with Crippen molar-refractivity contribution >= 4 is 16.9 Å². The van der Waals surface area contributed by atoms with Crippen LogP contribution in [0.4, 0.5) is 8.78 Å². The van der Waals surface area contributed by atoms with E-state index >= 15 is 0 Å². The van der Waals surface area contributed by atoms with Crippen molar-refractivity contribution in [3.63, 3.8) is 0 Å². The molecule has 1 aliphatic rings. The molecule has 0 unspecified atom stereocenters. The second-order valence-corrected chi connectivity index (χ2v) is 5.17. The molecule has 5 heteroatoms. The number of thioether (sulfide) groups is 1. The summed E-state index contributed by atoms with van der Waals surface area (Å²) in [5.74, 6) is -2.55. The van der Waals surface area contributed by atoms with Crippen LogP contribution in [0.15, 0.2) is 0 Å². The van der Waals surface area contributed by atoms with E-state index in [2.05, 4.69) is 0 Å². The second kappa shape index (κ2) is 4.37. The first-order valence-corrected chi connectivity index (χ1v) is 6.23. The third-order valence-corrected chi connectivity index (χ3v) is 3.84. The van der Waals surface area contributed by atoms with Crippen LogP contribution < -0.4 is 0 Å². The molecule has 0 aromatic carbocycles. The first kappa shape index (κ1) is 12.9. The molecule has 15 heavy (non-hydrogen) atoms. The molecular weight excluding hydrogens is 220 g/mol. The smallest absolute Gasteiger partial charge is 0.250 e. The number of carbonyl (C=O) groups is 1. The summed E-state index contributed by atoms with van der Waals surface area (Å²) in [6.07, 6.45) is 1.44. The van der Waals surface area contributed by atoms with E-state index in [-0.39, 0.29) is 18.0 Å². The van der Waals surface area contributed by atoms with Crippen molar-refractivity contribution in [2.45, 2.75) is 38.2 Å². The lowest BCUT2D eigenvalue weighted by Crippen LogP contribution is -2.53. The van der Waals surface area contributed by atoms with Crippen LogP contribution in [0.1, 0.15) is 26.7 Å². The predicted octanol–water partition coefficient (Wildman–Crippen LogP) is 2.39. The van der Waals surface area contributed by atoms with E-state index in [1.165, 1.54) is 0 Å². The lowest BCUT2D eigenvalue weighted by Gasteiger charge is -2.41. The van der Waals surface area contributed by atoms with Gasteiger partial charge in [0.2, 0.25) is 5.12 Å². The maximum Gasteiger partial charge on any atom is 0.250 e. The number of halogens is 2. The van der Waals surface area contributed by atoms with Crippen LogP contribution in [0, 0.1) is 0 Å². The summed E-state index contributed by atoms with van der Waals surface area (Å²) >= 11 is 1.16. The van der Waals surface area contributed by atoms with Crippen LogP contribution in [0.25, 0.3) is 0 Å². The van der Waals surface area contributed by atoms with Gasteiger partial charge in [-0.25, -0.2) is 8.78 Å². The highest BCUT2D eigenvalue weighted by atomic mass is 32.2. The minimum absolute atomic E-state index is 0.0349. The predicted molar refractivity (Wildman–Crippen MR) is 58.4 cm³/mol. The van der Waals surface area contributed by atoms with Crippen molar-refractivity contribution in [3.05, 3.63) is 0 Å². The van der Waals surface area contributed by atoms with Crippen molar-refractivity contribution in [2.75, 3.05) is 19.3 Å². The van der Waals surface area contributed by atoms with E-state index in [1.807, 2.05) is 4.90 Å². The monoisotopic (exact) mass is 237 g/mol. The Balaban J connectivity index is 2.63. The fraction of sp³-hybridized carbons (Fsp3) is 0.900. The van der Waals surface area contributed by atoms with Crippen LogP contribution in [0.5, 0.6) is 0 Å². The summed E-state index contributed by atoms with van der Waals surface area (Å²) in [7, 11) is 0. The Kier molecular flexibility index (Phi) is 3.76. The molecule has 2 nitrogen and oxygen atoms in total. The molecule has 0 N–H and O–H groups in total. The SMILES string of the molecule is CSC(=O)C(C)(C)N1CCC(F)(F)CC1. The van der Waals surface area contributed by atoms with Gasteiger partial charge in [-0.15, -0.1) is 0 Å². The van der Waals surface area contributed by atoms with Gasteiger partial charge in [-0.2, -0.15) is 0 Å². The lowest BCUT2D eigenvalue weighted by molar-refractivity contribution is -0.125. The van der Waals surface area contributed by atoms with Crippen molar-refractivity contribution in [1.29, 1.82) is 0 Å². The summed E-state index contributed by atoms with van der Waals surface area (Å²) in [5, 5.41) is 0.0349. The van der Waals surface area contributed by atoms with Gasteiger partial charge in [-0.05, 0) is 20.1 Å². The number of likely N-dealkylation sites (tertiary alicyclic amines) is 1. The molecule has 0 radical (unpaired) electrons. The molecule has 1 saturated heterocycles. The van der Waals surface area contributed by atoms with Gasteiger partial charge in [-0.1, -0.05) is 11.8 Å². The molecule has 0 atom stereocenters. The number of piperidine rings is 1. The number of rotatable bonds is 2. The minimum atomic E-state index is -2.55. The highest BCUT2D eigenvalue weighted by Gasteiger charge is 2.41. The van der Waals surface area contributed by atoms with Gasteiger partial charge < -0.3 is 0 Å². The van der Waals surface area contributed by atoms with Gasteiger partial charge in [0.05, 0.1) is 5.54 Å². The Bertz CT molecular complexity index is 246. The molecule has 0 bridgehead atoms. The normalized spacial score (nSPS) is 22.7. The number of hydrogen-bond donors (Lipinski definition) is 0.